The van der Waals surface area contributed by atoms with Crippen LogP contribution in [0.4, 0.5) is 0 Å². The summed E-state index contributed by atoms with van der Waals surface area (Å²) in [5.74, 6) is 0.803. The van der Waals surface area contributed by atoms with Gasteiger partial charge in [-0.05, 0) is 63.6 Å². The van der Waals surface area contributed by atoms with Gasteiger partial charge in [-0.1, -0.05) is 30.3 Å². The van der Waals surface area contributed by atoms with Crippen LogP contribution in [0.2, 0.25) is 0 Å². The molecular formula is C18H28N2. The first-order valence-corrected chi connectivity index (χ1v) is 8.33. The van der Waals surface area contributed by atoms with E-state index in [1.165, 1.54) is 51.6 Å². The predicted octanol–water partition coefficient (Wildman–Crippen LogP) is 3.40. The second kappa shape index (κ2) is 6.73. The summed E-state index contributed by atoms with van der Waals surface area (Å²) in [6, 6.07) is 12.7. The molecule has 2 fully saturated rings. The molecule has 0 aromatic heterocycles. The molecule has 0 bridgehead atoms. The van der Waals surface area contributed by atoms with Crippen molar-refractivity contribution in [2.75, 3.05) is 20.1 Å². The van der Waals surface area contributed by atoms with Gasteiger partial charge in [0.15, 0.2) is 0 Å². The van der Waals surface area contributed by atoms with E-state index in [0.29, 0.717) is 0 Å². The average molecular weight is 272 g/mol. The average Bonchev–Trinajstić information content (AvgIpc) is 2.56. The Bertz CT molecular complexity index is 395. The molecule has 2 aliphatic rings. The monoisotopic (exact) mass is 272 g/mol. The molecule has 110 valence electrons. The second-order valence-corrected chi connectivity index (χ2v) is 6.54. The van der Waals surface area contributed by atoms with Crippen LogP contribution in [0.5, 0.6) is 0 Å². The molecule has 2 nitrogen and oxygen atoms in total. The molecule has 1 atom stereocenters. The molecule has 0 amide bonds. The SMILES string of the molecule is CNC1CCCN(C2CCC(c3ccccc3)CC2)C1. The molecule has 1 saturated carbocycles. The summed E-state index contributed by atoms with van der Waals surface area (Å²) in [4.78, 5) is 2.76. The lowest BCUT2D eigenvalue weighted by Crippen LogP contribution is -2.49. The van der Waals surface area contributed by atoms with Gasteiger partial charge in [-0.3, -0.25) is 4.90 Å². The minimum atomic E-state index is 0.718. The van der Waals surface area contributed by atoms with Crippen molar-refractivity contribution in [2.45, 2.75) is 56.5 Å². The molecule has 2 heteroatoms. The minimum absolute atomic E-state index is 0.718. The number of nitrogens with one attached hydrogen (secondary N) is 1. The number of rotatable bonds is 3. The Balaban J connectivity index is 1.53. The van der Waals surface area contributed by atoms with E-state index in [1.54, 1.807) is 5.56 Å². The molecular weight excluding hydrogens is 244 g/mol. The summed E-state index contributed by atoms with van der Waals surface area (Å²) in [6.45, 7) is 2.58. The van der Waals surface area contributed by atoms with Gasteiger partial charge in [-0.15, -0.1) is 0 Å². The molecule has 1 N–H and O–H groups in total. The fraction of sp³-hybridized carbons (Fsp3) is 0.667. The zero-order chi connectivity index (χ0) is 13.8. The predicted molar refractivity (Wildman–Crippen MR) is 85.1 cm³/mol. The first-order valence-electron chi connectivity index (χ1n) is 8.33. The van der Waals surface area contributed by atoms with E-state index < -0.39 is 0 Å². The van der Waals surface area contributed by atoms with E-state index >= 15 is 0 Å². The lowest BCUT2D eigenvalue weighted by Gasteiger charge is -2.41. The van der Waals surface area contributed by atoms with Gasteiger partial charge < -0.3 is 5.32 Å². The van der Waals surface area contributed by atoms with Crippen molar-refractivity contribution in [3.63, 3.8) is 0 Å². The fourth-order valence-electron chi connectivity index (χ4n) is 4.07. The molecule has 20 heavy (non-hydrogen) atoms. The molecule has 3 rings (SSSR count). The zero-order valence-corrected chi connectivity index (χ0v) is 12.7. The topological polar surface area (TPSA) is 15.3 Å². The van der Waals surface area contributed by atoms with Gasteiger partial charge in [0.2, 0.25) is 0 Å². The highest BCUT2D eigenvalue weighted by Gasteiger charge is 2.29. The lowest BCUT2D eigenvalue weighted by atomic mass is 9.81. The van der Waals surface area contributed by atoms with Crippen LogP contribution in [0.25, 0.3) is 0 Å². The number of benzene rings is 1. The van der Waals surface area contributed by atoms with Gasteiger partial charge in [0.25, 0.3) is 0 Å². The van der Waals surface area contributed by atoms with Crippen molar-refractivity contribution >= 4 is 0 Å². The number of hydrogen-bond acceptors (Lipinski definition) is 2. The summed E-state index contributed by atoms with van der Waals surface area (Å²) in [5, 5.41) is 3.47. The summed E-state index contributed by atoms with van der Waals surface area (Å²) in [6.07, 6.45) is 8.23. The number of likely N-dealkylation sites (N-methyl/N-ethyl adjacent to an activating group) is 1. The van der Waals surface area contributed by atoms with Gasteiger partial charge in [-0.25, -0.2) is 0 Å². The maximum absolute atomic E-state index is 3.47. The van der Waals surface area contributed by atoms with Gasteiger partial charge in [0, 0.05) is 18.6 Å². The third kappa shape index (κ3) is 3.24. The Labute approximate surface area is 123 Å². The van der Waals surface area contributed by atoms with Crippen LogP contribution in [0.3, 0.4) is 0 Å². The van der Waals surface area contributed by atoms with E-state index in [4.69, 9.17) is 0 Å². The maximum Gasteiger partial charge on any atom is 0.0192 e. The van der Waals surface area contributed by atoms with Gasteiger partial charge >= 0.3 is 0 Å². The van der Waals surface area contributed by atoms with Crippen molar-refractivity contribution in [1.82, 2.24) is 10.2 Å². The highest BCUT2D eigenvalue weighted by Crippen LogP contribution is 2.35. The van der Waals surface area contributed by atoms with Crippen molar-refractivity contribution in [3.8, 4) is 0 Å². The number of nitrogens with zero attached hydrogens (tertiary/aromatic N) is 1. The third-order valence-corrected chi connectivity index (χ3v) is 5.35. The van der Waals surface area contributed by atoms with Crippen LogP contribution in [-0.2, 0) is 0 Å². The fourth-order valence-corrected chi connectivity index (χ4v) is 4.07. The Morgan fingerprint density at radius 2 is 1.75 bits per heavy atom. The number of hydrogen-bond donors (Lipinski definition) is 1. The van der Waals surface area contributed by atoms with Gasteiger partial charge in [0.05, 0.1) is 0 Å². The van der Waals surface area contributed by atoms with Gasteiger partial charge in [-0.2, -0.15) is 0 Å². The van der Waals surface area contributed by atoms with E-state index in [-0.39, 0.29) is 0 Å². The first kappa shape index (κ1) is 14.1. The zero-order valence-electron chi connectivity index (χ0n) is 12.7. The van der Waals surface area contributed by atoms with E-state index in [2.05, 4.69) is 47.6 Å². The Hall–Kier alpha value is -0.860. The normalized spacial score (nSPS) is 32.1. The largest absolute Gasteiger partial charge is 0.316 e. The Kier molecular flexibility index (Phi) is 4.74. The minimum Gasteiger partial charge on any atom is -0.316 e. The summed E-state index contributed by atoms with van der Waals surface area (Å²) >= 11 is 0. The highest BCUT2D eigenvalue weighted by atomic mass is 15.2. The van der Waals surface area contributed by atoms with E-state index in [0.717, 1.165) is 18.0 Å². The van der Waals surface area contributed by atoms with Crippen LogP contribution in [0, 0.1) is 0 Å². The molecule has 1 saturated heterocycles. The lowest BCUT2D eigenvalue weighted by molar-refractivity contribution is 0.108. The Morgan fingerprint density at radius 1 is 1.00 bits per heavy atom. The smallest absolute Gasteiger partial charge is 0.0192 e. The van der Waals surface area contributed by atoms with Crippen molar-refractivity contribution in [3.05, 3.63) is 35.9 Å². The highest BCUT2D eigenvalue weighted by molar-refractivity contribution is 5.20. The van der Waals surface area contributed by atoms with Crippen LogP contribution in [-0.4, -0.2) is 37.1 Å². The van der Waals surface area contributed by atoms with Crippen molar-refractivity contribution < 1.29 is 0 Å². The van der Waals surface area contributed by atoms with Gasteiger partial charge in [0.1, 0.15) is 0 Å². The number of piperidine rings is 1. The standard InChI is InChI=1S/C18H28N2/c1-19-17-8-5-13-20(14-17)18-11-9-16(10-12-18)15-6-3-2-4-7-15/h2-4,6-7,16-19H,5,8-14H2,1H3. The Morgan fingerprint density at radius 3 is 2.45 bits per heavy atom. The second-order valence-electron chi connectivity index (χ2n) is 6.54. The third-order valence-electron chi connectivity index (χ3n) is 5.35. The summed E-state index contributed by atoms with van der Waals surface area (Å²) < 4.78 is 0. The summed E-state index contributed by atoms with van der Waals surface area (Å²) in [7, 11) is 2.11. The van der Waals surface area contributed by atoms with Crippen LogP contribution < -0.4 is 5.32 Å². The summed E-state index contributed by atoms with van der Waals surface area (Å²) in [5.41, 5.74) is 1.55. The number of likely N-dealkylation sites (tertiary alicyclic amines) is 1. The van der Waals surface area contributed by atoms with Crippen LogP contribution >= 0.6 is 0 Å². The molecule has 1 aromatic carbocycles. The molecule has 1 aliphatic heterocycles. The molecule has 1 heterocycles. The van der Waals surface area contributed by atoms with Crippen LogP contribution in [0.1, 0.15) is 50.0 Å². The maximum atomic E-state index is 3.47. The molecule has 1 aromatic rings. The molecule has 1 unspecified atom stereocenters. The molecule has 0 radical (unpaired) electrons. The first-order chi connectivity index (χ1) is 9.86. The van der Waals surface area contributed by atoms with Crippen molar-refractivity contribution in [1.29, 1.82) is 0 Å². The van der Waals surface area contributed by atoms with Crippen molar-refractivity contribution in [2.24, 2.45) is 0 Å². The van der Waals surface area contributed by atoms with E-state index in [9.17, 15) is 0 Å². The quantitative estimate of drug-likeness (QED) is 0.907. The van der Waals surface area contributed by atoms with E-state index in [1.807, 2.05) is 0 Å². The molecule has 1 aliphatic carbocycles. The van der Waals surface area contributed by atoms with Crippen LogP contribution in [0.15, 0.2) is 30.3 Å². The molecule has 0 spiro atoms.